The van der Waals surface area contributed by atoms with Crippen LogP contribution in [0.25, 0.3) is 10.9 Å². The summed E-state index contributed by atoms with van der Waals surface area (Å²) in [6, 6.07) is 14.8. The number of aryl methyl sites for hydroxylation is 2. The highest BCUT2D eigenvalue weighted by Crippen LogP contribution is 2.66. The third-order valence-corrected chi connectivity index (χ3v) is 9.59. The molecule has 2 aromatic carbocycles. The summed E-state index contributed by atoms with van der Waals surface area (Å²) in [6.45, 7) is 4.21. The molecule has 1 N–H and O–H groups in total. The highest BCUT2D eigenvalue weighted by atomic mass is 32.2. The fourth-order valence-corrected chi connectivity index (χ4v) is 7.45. The predicted molar refractivity (Wildman–Crippen MR) is 141 cm³/mol. The van der Waals surface area contributed by atoms with Crippen LogP contribution >= 0.6 is 0 Å². The van der Waals surface area contributed by atoms with Crippen LogP contribution in [0.4, 0.5) is 5.69 Å². The number of para-hydroxylation sites is 1. The number of amides is 1. The van der Waals surface area contributed by atoms with E-state index in [-0.39, 0.29) is 27.6 Å². The Morgan fingerprint density at radius 2 is 1.79 bits per heavy atom. The molecular formula is C28H25N3O6S. The lowest BCUT2D eigenvalue weighted by atomic mass is 9.91. The molecule has 1 fully saturated rings. The predicted octanol–water partition coefficient (Wildman–Crippen LogP) is 3.38. The van der Waals surface area contributed by atoms with E-state index < -0.39 is 32.7 Å². The van der Waals surface area contributed by atoms with E-state index in [1.54, 1.807) is 30.2 Å². The zero-order valence-corrected chi connectivity index (χ0v) is 21.8. The van der Waals surface area contributed by atoms with Gasteiger partial charge in [0.25, 0.3) is 15.6 Å². The zero-order chi connectivity index (χ0) is 27.1. The second kappa shape index (κ2) is 7.91. The van der Waals surface area contributed by atoms with Crippen LogP contribution in [0.15, 0.2) is 70.5 Å². The lowest BCUT2D eigenvalue weighted by Gasteiger charge is -2.16. The van der Waals surface area contributed by atoms with Crippen molar-refractivity contribution in [3.8, 4) is 0 Å². The van der Waals surface area contributed by atoms with Gasteiger partial charge in [-0.3, -0.25) is 9.59 Å². The lowest BCUT2D eigenvalue weighted by Crippen LogP contribution is -2.32. The highest BCUT2D eigenvalue weighted by molar-refractivity contribution is 7.90. The van der Waals surface area contributed by atoms with Crippen molar-refractivity contribution in [1.29, 1.82) is 0 Å². The summed E-state index contributed by atoms with van der Waals surface area (Å²) in [7, 11) is -2.93. The molecule has 0 radical (unpaired) electrons. The molecule has 9 nitrogen and oxygen atoms in total. The molecule has 2 aromatic heterocycles. The Hall–Kier alpha value is -4.18. The van der Waals surface area contributed by atoms with E-state index >= 15 is 0 Å². The number of hydrogen-bond acceptors (Lipinski definition) is 5. The van der Waals surface area contributed by atoms with Crippen molar-refractivity contribution in [2.24, 2.45) is 7.05 Å². The first-order valence-electron chi connectivity index (χ1n) is 12.3. The average molecular weight is 532 g/mol. The lowest BCUT2D eigenvalue weighted by molar-refractivity contribution is -0.120. The van der Waals surface area contributed by atoms with E-state index in [0.717, 1.165) is 16.8 Å². The Morgan fingerprint density at radius 3 is 2.45 bits per heavy atom. The smallest absolute Gasteiger partial charge is 0.353 e. The van der Waals surface area contributed by atoms with Gasteiger partial charge in [-0.2, -0.15) is 0 Å². The first kappa shape index (κ1) is 24.2. The van der Waals surface area contributed by atoms with Crippen LogP contribution in [0.2, 0.25) is 0 Å². The molecule has 1 aliphatic heterocycles. The molecular weight excluding hydrogens is 506 g/mol. The maximum absolute atomic E-state index is 13.7. The summed E-state index contributed by atoms with van der Waals surface area (Å²) in [5.74, 6) is -1.87. The Labute approximate surface area is 218 Å². The minimum Gasteiger partial charge on any atom is -0.477 e. The molecule has 0 bridgehead atoms. The number of rotatable bonds is 5. The van der Waals surface area contributed by atoms with Crippen LogP contribution in [0, 0.1) is 6.92 Å². The van der Waals surface area contributed by atoms with Gasteiger partial charge in [0.05, 0.1) is 10.3 Å². The SMILES string of the molecule is CCN1C(=O)[C@@]2(C[C@H]2c2cn(C)c(=O)c3c2cc(C(=O)O)n3S(=O)(=O)c2ccc(C)cc2)c2ccccc21. The summed E-state index contributed by atoms with van der Waals surface area (Å²) in [4.78, 5) is 41.0. The van der Waals surface area contributed by atoms with Crippen molar-refractivity contribution in [3.05, 3.63) is 93.5 Å². The van der Waals surface area contributed by atoms with Gasteiger partial charge in [0.15, 0.2) is 0 Å². The fraction of sp³-hybridized carbons (Fsp3) is 0.250. The van der Waals surface area contributed by atoms with E-state index in [0.29, 0.717) is 22.5 Å². The number of anilines is 1. The molecule has 0 unspecified atom stereocenters. The third kappa shape index (κ3) is 3.03. The fourth-order valence-electron chi connectivity index (χ4n) is 5.95. The molecule has 4 aromatic rings. The topological polar surface area (TPSA) is 119 Å². The van der Waals surface area contributed by atoms with Crippen LogP contribution in [0.3, 0.4) is 0 Å². The van der Waals surface area contributed by atoms with E-state index in [1.807, 2.05) is 31.2 Å². The van der Waals surface area contributed by atoms with Crippen molar-refractivity contribution in [2.75, 3.05) is 11.4 Å². The number of hydrogen-bond donors (Lipinski definition) is 1. The molecule has 2 atom stereocenters. The van der Waals surface area contributed by atoms with Crippen LogP contribution in [0.1, 0.15) is 46.4 Å². The molecule has 3 heterocycles. The Morgan fingerprint density at radius 1 is 1.11 bits per heavy atom. The monoisotopic (exact) mass is 531 g/mol. The second-order valence-corrected chi connectivity index (χ2v) is 11.8. The van der Waals surface area contributed by atoms with Gasteiger partial charge in [0, 0.05) is 36.8 Å². The number of carboxylic acids is 1. The molecule has 0 saturated heterocycles. The zero-order valence-electron chi connectivity index (χ0n) is 21.0. The number of likely N-dealkylation sites (N-methyl/N-ethyl adjacent to an activating group) is 1. The first-order chi connectivity index (χ1) is 18.0. The number of carbonyl (C=O) groups excluding carboxylic acids is 1. The number of pyridine rings is 1. The Balaban J connectivity index is 1.62. The summed E-state index contributed by atoms with van der Waals surface area (Å²) in [5.41, 5.74) is 0.888. The van der Waals surface area contributed by atoms with Gasteiger partial charge in [0.2, 0.25) is 5.91 Å². The number of aromatic nitrogens is 2. The largest absolute Gasteiger partial charge is 0.477 e. The molecule has 38 heavy (non-hydrogen) atoms. The van der Waals surface area contributed by atoms with Crippen LogP contribution in [-0.2, 0) is 27.3 Å². The molecule has 10 heteroatoms. The van der Waals surface area contributed by atoms with Gasteiger partial charge in [0.1, 0.15) is 11.2 Å². The molecule has 1 saturated carbocycles. The molecule has 1 amide bonds. The summed E-state index contributed by atoms with van der Waals surface area (Å²) >= 11 is 0. The third-order valence-electron chi connectivity index (χ3n) is 7.86. The summed E-state index contributed by atoms with van der Waals surface area (Å²) in [5, 5.41) is 10.2. The minimum absolute atomic E-state index is 0.0432. The molecule has 2 aliphatic rings. The quantitative estimate of drug-likeness (QED) is 0.422. The van der Waals surface area contributed by atoms with Gasteiger partial charge in [-0.25, -0.2) is 17.2 Å². The maximum atomic E-state index is 13.7. The Kier molecular flexibility index (Phi) is 5.03. The van der Waals surface area contributed by atoms with Gasteiger partial charge < -0.3 is 14.6 Å². The van der Waals surface area contributed by atoms with Gasteiger partial charge in [-0.15, -0.1) is 0 Å². The van der Waals surface area contributed by atoms with E-state index in [9.17, 15) is 27.9 Å². The van der Waals surface area contributed by atoms with Crippen LogP contribution < -0.4 is 10.5 Å². The minimum atomic E-state index is -4.43. The highest BCUT2D eigenvalue weighted by Gasteiger charge is 2.67. The molecule has 6 rings (SSSR count). The molecule has 1 spiro atoms. The van der Waals surface area contributed by atoms with E-state index in [2.05, 4.69) is 0 Å². The van der Waals surface area contributed by atoms with Gasteiger partial charge >= 0.3 is 5.97 Å². The van der Waals surface area contributed by atoms with Crippen molar-refractivity contribution in [1.82, 2.24) is 8.54 Å². The summed E-state index contributed by atoms with van der Waals surface area (Å²) in [6.07, 6.45) is 2.08. The average Bonchev–Trinajstić information content (AvgIpc) is 3.41. The van der Waals surface area contributed by atoms with Gasteiger partial charge in [-0.05, 0) is 55.7 Å². The van der Waals surface area contributed by atoms with Crippen molar-refractivity contribution >= 4 is 38.5 Å². The number of carboxylic acid groups (broad SMARTS) is 1. The normalized spacial score (nSPS) is 20.3. The second-order valence-electron chi connectivity index (χ2n) is 9.97. The first-order valence-corrected chi connectivity index (χ1v) is 13.7. The summed E-state index contributed by atoms with van der Waals surface area (Å²) < 4.78 is 29.4. The Bertz CT molecular complexity index is 1850. The maximum Gasteiger partial charge on any atom is 0.353 e. The number of nitrogens with zero attached hydrogens (tertiary/aromatic N) is 3. The molecule has 1 aliphatic carbocycles. The van der Waals surface area contributed by atoms with E-state index in [1.165, 1.54) is 29.8 Å². The van der Waals surface area contributed by atoms with Crippen LogP contribution in [-0.4, -0.2) is 40.5 Å². The molecule has 194 valence electrons. The number of carbonyl (C=O) groups is 2. The van der Waals surface area contributed by atoms with Crippen molar-refractivity contribution in [3.63, 3.8) is 0 Å². The van der Waals surface area contributed by atoms with Crippen LogP contribution in [0.5, 0.6) is 0 Å². The van der Waals surface area contributed by atoms with E-state index in [4.69, 9.17) is 0 Å². The number of aromatic carboxylic acids is 1. The number of benzene rings is 2. The van der Waals surface area contributed by atoms with Crippen molar-refractivity contribution < 1.29 is 23.1 Å². The van der Waals surface area contributed by atoms with Crippen molar-refractivity contribution in [2.45, 2.75) is 36.5 Å². The standard InChI is InChI=1S/C28H25N3O6S/c1-4-30-22-8-6-5-7-20(22)28(27(30)35)14-21(28)19-15-29(3)25(32)24-18(19)13-23(26(33)34)31(24)38(36,37)17-11-9-16(2)10-12-17/h5-13,15,21H,4,14H2,1-3H3,(H,33,34)/t21-,28-/m0/s1. The van der Waals surface area contributed by atoms with Gasteiger partial charge in [-0.1, -0.05) is 35.9 Å². The number of fused-ring (bicyclic) bond motifs is 3.